The van der Waals surface area contributed by atoms with Crippen LogP contribution in [0.4, 0.5) is 0 Å². The minimum Gasteiger partial charge on any atom is -0.381 e. The van der Waals surface area contributed by atoms with Gasteiger partial charge >= 0.3 is 0 Å². The van der Waals surface area contributed by atoms with Crippen molar-refractivity contribution in [1.29, 1.82) is 0 Å². The molecule has 3 heterocycles. The van der Waals surface area contributed by atoms with Crippen molar-refractivity contribution in [3.63, 3.8) is 0 Å². The molecule has 0 aromatic heterocycles. The normalized spacial score (nSPS) is 36.6. The van der Waals surface area contributed by atoms with Gasteiger partial charge in [0.25, 0.3) is 0 Å². The molecule has 21 heavy (non-hydrogen) atoms. The van der Waals surface area contributed by atoms with Gasteiger partial charge in [0.1, 0.15) is 0 Å². The number of ether oxygens (including phenoxy) is 1. The first-order chi connectivity index (χ1) is 10.2. The van der Waals surface area contributed by atoms with Gasteiger partial charge in [-0.2, -0.15) is 0 Å². The second-order valence-corrected chi connectivity index (χ2v) is 7.96. The standard InChI is InChI=1S/C18H34N2O/c1-3-9-19-15-12-16-5-4-6-17(13-15)20(16)14-18(2)7-10-21-11-8-18/h15-17,19H,3-14H2,1-2H3. The Morgan fingerprint density at radius 1 is 1.14 bits per heavy atom. The summed E-state index contributed by atoms with van der Waals surface area (Å²) in [5.74, 6) is 0. The summed E-state index contributed by atoms with van der Waals surface area (Å²) in [6.07, 6.45) is 10.8. The summed E-state index contributed by atoms with van der Waals surface area (Å²) in [4.78, 5) is 2.90. The van der Waals surface area contributed by atoms with Gasteiger partial charge in [-0.05, 0) is 56.9 Å². The summed E-state index contributed by atoms with van der Waals surface area (Å²) in [5, 5.41) is 3.79. The van der Waals surface area contributed by atoms with Crippen LogP contribution in [-0.2, 0) is 4.74 Å². The highest BCUT2D eigenvalue weighted by Crippen LogP contribution is 2.39. The van der Waals surface area contributed by atoms with Gasteiger partial charge in [0.05, 0.1) is 0 Å². The van der Waals surface area contributed by atoms with Crippen molar-refractivity contribution in [2.45, 2.75) is 83.3 Å². The zero-order valence-electron chi connectivity index (χ0n) is 14.1. The van der Waals surface area contributed by atoms with Crippen LogP contribution in [0.3, 0.4) is 0 Å². The number of fused-ring (bicyclic) bond motifs is 2. The molecular weight excluding hydrogens is 260 g/mol. The lowest BCUT2D eigenvalue weighted by Gasteiger charge is -2.52. The van der Waals surface area contributed by atoms with E-state index in [0.29, 0.717) is 5.41 Å². The Bertz CT molecular complexity index is 313. The molecule has 3 aliphatic rings. The van der Waals surface area contributed by atoms with Gasteiger partial charge < -0.3 is 10.1 Å². The van der Waals surface area contributed by atoms with Crippen molar-refractivity contribution < 1.29 is 4.74 Å². The molecule has 2 atom stereocenters. The lowest BCUT2D eigenvalue weighted by Crippen LogP contribution is -2.58. The van der Waals surface area contributed by atoms with E-state index in [1.807, 2.05) is 0 Å². The first kappa shape index (κ1) is 15.8. The molecule has 0 aliphatic carbocycles. The molecule has 2 bridgehead atoms. The number of piperidine rings is 2. The summed E-state index contributed by atoms with van der Waals surface area (Å²) in [6, 6.07) is 2.46. The molecule has 3 fully saturated rings. The van der Waals surface area contributed by atoms with Crippen LogP contribution in [-0.4, -0.2) is 49.3 Å². The number of nitrogens with zero attached hydrogens (tertiary/aromatic N) is 1. The molecule has 3 saturated heterocycles. The highest BCUT2D eigenvalue weighted by atomic mass is 16.5. The molecule has 0 spiro atoms. The third-order valence-electron chi connectivity index (χ3n) is 6.07. The molecule has 3 nitrogen and oxygen atoms in total. The molecule has 2 unspecified atom stereocenters. The Morgan fingerprint density at radius 2 is 1.81 bits per heavy atom. The molecule has 0 amide bonds. The maximum atomic E-state index is 5.58. The van der Waals surface area contributed by atoms with Crippen molar-refractivity contribution >= 4 is 0 Å². The minimum absolute atomic E-state index is 0.496. The summed E-state index contributed by atoms with van der Waals surface area (Å²) in [7, 11) is 0. The third-order valence-corrected chi connectivity index (χ3v) is 6.07. The first-order valence-corrected chi connectivity index (χ1v) is 9.27. The SMILES string of the molecule is CCCNC1CC2CCCC(C1)N2CC1(C)CCOCC1. The van der Waals surface area contributed by atoms with E-state index in [0.717, 1.165) is 31.3 Å². The highest BCUT2D eigenvalue weighted by Gasteiger charge is 2.41. The second-order valence-electron chi connectivity index (χ2n) is 7.96. The fourth-order valence-corrected chi connectivity index (χ4v) is 4.71. The summed E-state index contributed by atoms with van der Waals surface area (Å²) in [5.41, 5.74) is 0.496. The van der Waals surface area contributed by atoms with Crippen LogP contribution in [0.1, 0.15) is 65.2 Å². The lowest BCUT2D eigenvalue weighted by atomic mass is 9.76. The van der Waals surface area contributed by atoms with E-state index in [-0.39, 0.29) is 0 Å². The summed E-state index contributed by atoms with van der Waals surface area (Å²) >= 11 is 0. The number of rotatable bonds is 5. The third kappa shape index (κ3) is 3.80. The molecule has 3 aliphatic heterocycles. The number of hydrogen-bond donors (Lipinski definition) is 1. The Morgan fingerprint density at radius 3 is 2.43 bits per heavy atom. The molecule has 3 rings (SSSR count). The first-order valence-electron chi connectivity index (χ1n) is 9.27. The van der Waals surface area contributed by atoms with E-state index in [2.05, 4.69) is 24.1 Å². The van der Waals surface area contributed by atoms with Crippen LogP contribution in [0.2, 0.25) is 0 Å². The highest BCUT2D eigenvalue weighted by molar-refractivity contribution is 4.97. The molecule has 0 radical (unpaired) electrons. The Kier molecular flexibility index (Phi) is 5.23. The van der Waals surface area contributed by atoms with E-state index in [1.165, 1.54) is 64.5 Å². The van der Waals surface area contributed by atoms with Crippen LogP contribution in [0.5, 0.6) is 0 Å². The van der Waals surface area contributed by atoms with Crippen molar-refractivity contribution in [1.82, 2.24) is 10.2 Å². The van der Waals surface area contributed by atoms with Crippen molar-refractivity contribution in [2.75, 3.05) is 26.3 Å². The maximum absolute atomic E-state index is 5.58. The minimum atomic E-state index is 0.496. The van der Waals surface area contributed by atoms with Gasteiger partial charge in [0.2, 0.25) is 0 Å². The van der Waals surface area contributed by atoms with Gasteiger partial charge in [-0.15, -0.1) is 0 Å². The van der Waals surface area contributed by atoms with Gasteiger partial charge in [0.15, 0.2) is 0 Å². The molecule has 1 N–H and O–H groups in total. The van der Waals surface area contributed by atoms with E-state index in [1.54, 1.807) is 0 Å². The van der Waals surface area contributed by atoms with Gasteiger partial charge in [-0.3, -0.25) is 4.90 Å². The lowest BCUT2D eigenvalue weighted by molar-refractivity contribution is -0.0439. The van der Waals surface area contributed by atoms with Gasteiger partial charge in [-0.1, -0.05) is 20.3 Å². The van der Waals surface area contributed by atoms with Crippen LogP contribution in [0.25, 0.3) is 0 Å². The molecule has 0 aromatic rings. The Hall–Kier alpha value is -0.120. The van der Waals surface area contributed by atoms with Crippen LogP contribution in [0.15, 0.2) is 0 Å². The Labute approximate surface area is 130 Å². The monoisotopic (exact) mass is 294 g/mol. The fraction of sp³-hybridized carbons (Fsp3) is 1.00. The van der Waals surface area contributed by atoms with Gasteiger partial charge in [-0.25, -0.2) is 0 Å². The average molecular weight is 294 g/mol. The zero-order valence-corrected chi connectivity index (χ0v) is 14.1. The van der Waals surface area contributed by atoms with Crippen molar-refractivity contribution in [3.05, 3.63) is 0 Å². The quantitative estimate of drug-likeness (QED) is 0.843. The van der Waals surface area contributed by atoms with Crippen LogP contribution in [0, 0.1) is 5.41 Å². The number of nitrogens with one attached hydrogen (secondary N) is 1. The Balaban J connectivity index is 1.60. The molecule has 0 saturated carbocycles. The average Bonchev–Trinajstić information content (AvgIpc) is 2.46. The van der Waals surface area contributed by atoms with E-state index in [4.69, 9.17) is 4.74 Å². The predicted octanol–water partition coefficient (Wildman–Crippen LogP) is 3.19. The second kappa shape index (κ2) is 6.97. The topological polar surface area (TPSA) is 24.5 Å². The van der Waals surface area contributed by atoms with Crippen LogP contribution < -0.4 is 5.32 Å². The molecule has 122 valence electrons. The molecule has 0 aromatic carbocycles. The predicted molar refractivity (Wildman–Crippen MR) is 87.6 cm³/mol. The van der Waals surface area contributed by atoms with Crippen molar-refractivity contribution in [3.8, 4) is 0 Å². The summed E-state index contributed by atoms with van der Waals surface area (Å²) in [6.45, 7) is 9.22. The van der Waals surface area contributed by atoms with E-state index in [9.17, 15) is 0 Å². The fourth-order valence-electron chi connectivity index (χ4n) is 4.71. The van der Waals surface area contributed by atoms with Crippen molar-refractivity contribution in [2.24, 2.45) is 5.41 Å². The molecular formula is C18H34N2O. The smallest absolute Gasteiger partial charge is 0.0471 e. The van der Waals surface area contributed by atoms with Crippen LogP contribution >= 0.6 is 0 Å². The van der Waals surface area contributed by atoms with E-state index < -0.39 is 0 Å². The molecule has 3 heteroatoms. The maximum Gasteiger partial charge on any atom is 0.0471 e. The van der Waals surface area contributed by atoms with Gasteiger partial charge in [0, 0.05) is 37.9 Å². The largest absolute Gasteiger partial charge is 0.381 e. The van der Waals surface area contributed by atoms with E-state index >= 15 is 0 Å². The summed E-state index contributed by atoms with van der Waals surface area (Å²) < 4.78 is 5.58. The zero-order chi connectivity index (χ0) is 14.7. The number of hydrogen-bond acceptors (Lipinski definition) is 3.